The van der Waals surface area contributed by atoms with Gasteiger partial charge < -0.3 is 14.2 Å². The van der Waals surface area contributed by atoms with Gasteiger partial charge in [0.25, 0.3) is 0 Å². The Labute approximate surface area is 149 Å². The fourth-order valence-electron chi connectivity index (χ4n) is 2.11. The van der Waals surface area contributed by atoms with Crippen LogP contribution in [0.3, 0.4) is 0 Å². The molecule has 0 saturated heterocycles. The molecule has 2 rings (SSSR count). The quantitative estimate of drug-likeness (QED) is 0.552. The van der Waals surface area contributed by atoms with E-state index in [0.29, 0.717) is 11.5 Å². The zero-order valence-electron chi connectivity index (χ0n) is 14.5. The third-order valence-corrected chi connectivity index (χ3v) is 3.34. The van der Waals surface area contributed by atoms with Crippen molar-refractivity contribution in [2.24, 2.45) is 0 Å². The number of benzene rings is 2. The lowest BCUT2D eigenvalue weighted by Crippen LogP contribution is -2.15. The summed E-state index contributed by atoms with van der Waals surface area (Å²) < 4.78 is 41.7. The molecule has 26 heavy (non-hydrogen) atoms. The molecule has 7 heteroatoms. The van der Waals surface area contributed by atoms with Crippen molar-refractivity contribution in [3.05, 3.63) is 59.2 Å². The number of Topliss-reactive ketones (excluding diaryl/α,β-unsaturated/α-hetero) is 1. The first-order chi connectivity index (χ1) is 12.3. The van der Waals surface area contributed by atoms with Crippen molar-refractivity contribution in [2.75, 3.05) is 13.7 Å². The molecule has 0 saturated carbocycles. The number of rotatable bonds is 7. The number of carbonyl (C=O) groups excluding carboxylic acids is 2. The van der Waals surface area contributed by atoms with Crippen LogP contribution in [-0.4, -0.2) is 31.6 Å². The van der Waals surface area contributed by atoms with Gasteiger partial charge in [-0.15, -0.1) is 0 Å². The Hall–Kier alpha value is -2.96. The van der Waals surface area contributed by atoms with Crippen LogP contribution in [0.15, 0.2) is 36.4 Å². The summed E-state index contributed by atoms with van der Waals surface area (Å²) in [5.74, 6) is -2.79. The maximum absolute atomic E-state index is 13.2. The molecule has 5 nitrogen and oxygen atoms in total. The first-order valence-electron chi connectivity index (χ1n) is 7.82. The number of esters is 1. The van der Waals surface area contributed by atoms with E-state index in [4.69, 9.17) is 14.2 Å². The molecule has 0 amide bonds. The molecule has 0 aromatic heterocycles. The molecule has 0 aliphatic carbocycles. The minimum atomic E-state index is -1.15. The molecule has 0 fully saturated rings. The SMILES string of the molecule is COc1cc(C(=O)OCC(=O)c2ccc(F)c(F)c2)ccc1OC(C)C. The fraction of sp³-hybridized carbons (Fsp3) is 0.263. The monoisotopic (exact) mass is 364 g/mol. The molecule has 0 heterocycles. The number of methoxy groups -OCH3 is 1. The molecule has 0 aliphatic rings. The zero-order chi connectivity index (χ0) is 19.3. The zero-order valence-corrected chi connectivity index (χ0v) is 14.5. The highest BCUT2D eigenvalue weighted by Gasteiger charge is 2.16. The predicted molar refractivity (Wildman–Crippen MR) is 89.7 cm³/mol. The van der Waals surface area contributed by atoms with Crippen molar-refractivity contribution < 1.29 is 32.6 Å². The summed E-state index contributed by atoms with van der Waals surface area (Å²) in [4.78, 5) is 24.0. The fourth-order valence-corrected chi connectivity index (χ4v) is 2.11. The number of ketones is 1. The van der Waals surface area contributed by atoms with Crippen LogP contribution in [0.2, 0.25) is 0 Å². The molecular weight excluding hydrogens is 346 g/mol. The topological polar surface area (TPSA) is 61.8 Å². The van der Waals surface area contributed by atoms with Gasteiger partial charge in [-0.3, -0.25) is 4.79 Å². The summed E-state index contributed by atoms with van der Waals surface area (Å²) in [5, 5.41) is 0. The Bertz CT molecular complexity index is 818. The lowest BCUT2D eigenvalue weighted by molar-refractivity contribution is 0.0474. The minimum absolute atomic E-state index is 0.0737. The Balaban J connectivity index is 2.05. The molecule has 0 radical (unpaired) electrons. The minimum Gasteiger partial charge on any atom is -0.493 e. The number of halogens is 2. The molecule has 0 aliphatic heterocycles. The van der Waals surface area contributed by atoms with Gasteiger partial charge >= 0.3 is 5.97 Å². The molecule has 2 aromatic rings. The van der Waals surface area contributed by atoms with Gasteiger partial charge in [-0.1, -0.05) is 0 Å². The van der Waals surface area contributed by atoms with E-state index in [2.05, 4.69) is 0 Å². The van der Waals surface area contributed by atoms with Crippen LogP contribution in [-0.2, 0) is 4.74 Å². The Kier molecular flexibility index (Phi) is 6.27. The van der Waals surface area contributed by atoms with Crippen LogP contribution < -0.4 is 9.47 Å². The average Bonchev–Trinajstić information content (AvgIpc) is 2.61. The summed E-state index contributed by atoms with van der Waals surface area (Å²) in [6, 6.07) is 7.18. The van der Waals surface area contributed by atoms with E-state index in [9.17, 15) is 18.4 Å². The molecule has 138 valence electrons. The van der Waals surface area contributed by atoms with E-state index < -0.39 is 30.0 Å². The van der Waals surface area contributed by atoms with Crippen LogP contribution in [0.1, 0.15) is 34.6 Å². The van der Waals surface area contributed by atoms with E-state index in [1.807, 2.05) is 13.8 Å². The van der Waals surface area contributed by atoms with Crippen molar-refractivity contribution in [3.8, 4) is 11.5 Å². The largest absolute Gasteiger partial charge is 0.493 e. The third-order valence-electron chi connectivity index (χ3n) is 3.34. The molecule has 0 N–H and O–H groups in total. The summed E-state index contributed by atoms with van der Waals surface area (Å²) in [6.45, 7) is 3.10. The number of hydrogen-bond donors (Lipinski definition) is 0. The molecule has 0 spiro atoms. The molecule has 0 bridgehead atoms. The van der Waals surface area contributed by atoms with Gasteiger partial charge in [0.15, 0.2) is 35.5 Å². The van der Waals surface area contributed by atoms with Gasteiger partial charge in [0.2, 0.25) is 0 Å². The highest BCUT2D eigenvalue weighted by molar-refractivity contribution is 5.99. The average molecular weight is 364 g/mol. The highest BCUT2D eigenvalue weighted by Crippen LogP contribution is 2.29. The van der Waals surface area contributed by atoms with Crippen molar-refractivity contribution >= 4 is 11.8 Å². The van der Waals surface area contributed by atoms with E-state index in [-0.39, 0.29) is 17.2 Å². The number of hydrogen-bond acceptors (Lipinski definition) is 5. The smallest absolute Gasteiger partial charge is 0.338 e. The van der Waals surface area contributed by atoms with Crippen LogP contribution in [0, 0.1) is 11.6 Å². The van der Waals surface area contributed by atoms with Crippen molar-refractivity contribution in [1.82, 2.24) is 0 Å². The highest BCUT2D eigenvalue weighted by atomic mass is 19.2. The van der Waals surface area contributed by atoms with E-state index >= 15 is 0 Å². The van der Waals surface area contributed by atoms with Crippen LogP contribution >= 0.6 is 0 Å². The van der Waals surface area contributed by atoms with Crippen molar-refractivity contribution in [2.45, 2.75) is 20.0 Å². The molecule has 0 atom stereocenters. The molecule has 2 aromatic carbocycles. The normalized spacial score (nSPS) is 10.5. The number of carbonyl (C=O) groups is 2. The van der Waals surface area contributed by atoms with E-state index in [1.165, 1.54) is 19.2 Å². The second-order valence-electron chi connectivity index (χ2n) is 5.66. The molecular formula is C19H18F2O5. The lowest BCUT2D eigenvalue weighted by atomic mass is 10.1. The van der Waals surface area contributed by atoms with Crippen LogP contribution in [0.25, 0.3) is 0 Å². The molecule has 0 unspecified atom stereocenters. The lowest BCUT2D eigenvalue weighted by Gasteiger charge is -2.14. The Morgan fingerprint density at radius 2 is 1.65 bits per heavy atom. The van der Waals surface area contributed by atoms with Crippen molar-refractivity contribution in [3.63, 3.8) is 0 Å². The predicted octanol–water partition coefficient (Wildman–Crippen LogP) is 3.80. The van der Waals surface area contributed by atoms with E-state index in [1.54, 1.807) is 6.07 Å². The third kappa shape index (κ3) is 4.78. The maximum atomic E-state index is 13.2. The standard InChI is InChI=1S/C19H18F2O5/c1-11(2)26-17-7-5-13(9-18(17)24-3)19(23)25-10-16(22)12-4-6-14(20)15(21)8-12/h4-9,11H,10H2,1-3H3. The van der Waals surface area contributed by atoms with Gasteiger partial charge in [-0.2, -0.15) is 0 Å². The summed E-state index contributed by atoms with van der Waals surface area (Å²) in [7, 11) is 1.43. The van der Waals surface area contributed by atoms with Crippen LogP contribution in [0.4, 0.5) is 8.78 Å². The van der Waals surface area contributed by atoms with Gasteiger partial charge in [0, 0.05) is 5.56 Å². The Morgan fingerprint density at radius 3 is 2.27 bits per heavy atom. The van der Waals surface area contributed by atoms with Gasteiger partial charge in [0.1, 0.15) is 0 Å². The summed E-state index contributed by atoms with van der Waals surface area (Å²) in [6.07, 6.45) is -0.0737. The maximum Gasteiger partial charge on any atom is 0.338 e. The van der Waals surface area contributed by atoms with E-state index in [0.717, 1.165) is 18.2 Å². The first kappa shape index (κ1) is 19.4. The van der Waals surface area contributed by atoms with Crippen LogP contribution in [0.5, 0.6) is 11.5 Å². The summed E-state index contributed by atoms with van der Waals surface area (Å²) in [5.41, 5.74) is 0.0750. The first-order valence-corrected chi connectivity index (χ1v) is 7.82. The second-order valence-corrected chi connectivity index (χ2v) is 5.66. The second kappa shape index (κ2) is 8.42. The Morgan fingerprint density at radius 1 is 0.962 bits per heavy atom. The van der Waals surface area contributed by atoms with Crippen molar-refractivity contribution in [1.29, 1.82) is 0 Å². The number of ether oxygens (including phenoxy) is 3. The van der Waals surface area contributed by atoms with Gasteiger partial charge in [0.05, 0.1) is 18.8 Å². The van der Waals surface area contributed by atoms with Gasteiger partial charge in [-0.05, 0) is 50.2 Å². The van der Waals surface area contributed by atoms with Gasteiger partial charge in [-0.25, -0.2) is 13.6 Å². The summed E-state index contributed by atoms with van der Waals surface area (Å²) >= 11 is 0.